The van der Waals surface area contributed by atoms with Crippen LogP contribution in [0.5, 0.6) is 0 Å². The molecule has 3 unspecified atom stereocenters. The van der Waals surface area contributed by atoms with Crippen molar-refractivity contribution in [2.45, 2.75) is 38.5 Å². The molecule has 4 heterocycles. The summed E-state index contributed by atoms with van der Waals surface area (Å²) < 4.78 is 14.8. The molecule has 0 radical (unpaired) electrons. The lowest BCUT2D eigenvalue weighted by molar-refractivity contribution is -0.0231. The Hall–Kier alpha value is -2.16. The van der Waals surface area contributed by atoms with Gasteiger partial charge in [-0.3, -0.25) is 0 Å². The molecule has 0 spiro atoms. The number of hydrogen-bond acceptors (Lipinski definition) is 7. The van der Waals surface area contributed by atoms with Crippen LogP contribution in [0.25, 0.3) is 0 Å². The van der Waals surface area contributed by atoms with Crippen molar-refractivity contribution in [3.63, 3.8) is 0 Å². The summed E-state index contributed by atoms with van der Waals surface area (Å²) in [4.78, 5) is 10.7. The first-order chi connectivity index (χ1) is 13.8. The second kappa shape index (κ2) is 7.59. The van der Waals surface area contributed by atoms with E-state index in [1.165, 1.54) is 6.07 Å². The molecule has 2 aromatic rings. The van der Waals surface area contributed by atoms with Crippen LogP contribution >= 0.6 is 11.6 Å². The van der Waals surface area contributed by atoms with Gasteiger partial charge < -0.3 is 15.3 Å². The highest BCUT2D eigenvalue weighted by atomic mass is 35.5. The van der Waals surface area contributed by atoms with Crippen LogP contribution < -0.4 is 10.2 Å². The van der Waals surface area contributed by atoms with Gasteiger partial charge in [0, 0.05) is 31.4 Å². The van der Waals surface area contributed by atoms with Crippen LogP contribution in [0.2, 0.25) is 5.02 Å². The zero-order valence-corrected chi connectivity index (χ0v) is 17.4. The fourth-order valence-electron chi connectivity index (χ4n) is 3.70. The lowest BCUT2D eigenvalue weighted by atomic mass is 9.84. The Balaban J connectivity index is 1.67. The molecular formula is C20H24ClFN6O. The van der Waals surface area contributed by atoms with Crippen LogP contribution in [-0.4, -0.2) is 46.4 Å². The summed E-state index contributed by atoms with van der Waals surface area (Å²) in [7, 11) is 0. The van der Waals surface area contributed by atoms with Gasteiger partial charge >= 0.3 is 0 Å². The van der Waals surface area contributed by atoms with E-state index in [-0.39, 0.29) is 22.7 Å². The number of aliphatic hydroxyl groups is 1. The van der Waals surface area contributed by atoms with Crippen LogP contribution in [-0.2, 0) is 0 Å². The predicted octanol–water partition coefficient (Wildman–Crippen LogP) is 3.64. The Morgan fingerprint density at radius 2 is 2.21 bits per heavy atom. The number of hydrogen-bond donors (Lipinski definition) is 2. The molecule has 7 nitrogen and oxygen atoms in total. The molecule has 0 aliphatic carbocycles. The standard InChI is InChI=1S/C20H24ClFN6O/c1-11(2)20(3,29)15-10-28(8-7-23-15)19-13(21)9-14(22)17(25-19)16-12-5-4-6-24-18(12)27-26-16/h4-6,9,11,15-16,23,29H,7-8,10H2,1-3H3. The van der Waals surface area contributed by atoms with Crippen molar-refractivity contribution in [1.82, 2.24) is 15.3 Å². The summed E-state index contributed by atoms with van der Waals surface area (Å²) in [5, 5.41) is 22.7. The Labute approximate surface area is 174 Å². The van der Waals surface area contributed by atoms with Crippen molar-refractivity contribution in [2.24, 2.45) is 16.1 Å². The maximum atomic E-state index is 14.8. The zero-order chi connectivity index (χ0) is 20.8. The molecule has 1 saturated heterocycles. The van der Waals surface area contributed by atoms with Crippen molar-refractivity contribution in [2.75, 3.05) is 24.5 Å². The van der Waals surface area contributed by atoms with Gasteiger partial charge in [0.1, 0.15) is 23.4 Å². The molecule has 0 saturated carbocycles. The number of aromatic nitrogens is 2. The van der Waals surface area contributed by atoms with Gasteiger partial charge in [0.2, 0.25) is 0 Å². The van der Waals surface area contributed by atoms with Gasteiger partial charge in [-0.25, -0.2) is 14.4 Å². The third-order valence-corrected chi connectivity index (χ3v) is 6.20. The molecule has 2 aromatic heterocycles. The highest BCUT2D eigenvalue weighted by Gasteiger charge is 2.38. The van der Waals surface area contributed by atoms with Crippen LogP contribution in [0.1, 0.15) is 38.1 Å². The molecular weight excluding hydrogens is 395 g/mol. The Morgan fingerprint density at radius 1 is 1.41 bits per heavy atom. The third-order valence-electron chi connectivity index (χ3n) is 5.93. The van der Waals surface area contributed by atoms with Crippen LogP contribution in [0.3, 0.4) is 0 Å². The zero-order valence-electron chi connectivity index (χ0n) is 16.6. The Morgan fingerprint density at radius 3 is 2.97 bits per heavy atom. The minimum atomic E-state index is -0.904. The normalized spacial score (nSPS) is 23.3. The van der Waals surface area contributed by atoms with Gasteiger partial charge in [-0.05, 0) is 25.0 Å². The van der Waals surface area contributed by atoms with Crippen molar-refractivity contribution in [1.29, 1.82) is 0 Å². The smallest absolute Gasteiger partial charge is 0.179 e. The first kappa shape index (κ1) is 20.1. The maximum Gasteiger partial charge on any atom is 0.179 e. The molecule has 3 atom stereocenters. The molecule has 2 aliphatic heterocycles. The number of anilines is 1. The average Bonchev–Trinajstić information content (AvgIpc) is 3.12. The lowest BCUT2D eigenvalue weighted by Gasteiger charge is -2.43. The van der Waals surface area contributed by atoms with Crippen molar-refractivity contribution < 1.29 is 9.50 Å². The third kappa shape index (κ3) is 3.60. The fourth-order valence-corrected chi connectivity index (χ4v) is 3.96. The van der Waals surface area contributed by atoms with E-state index in [0.717, 1.165) is 0 Å². The summed E-state index contributed by atoms with van der Waals surface area (Å²) in [6, 6.07) is 4.06. The molecule has 0 bridgehead atoms. The quantitative estimate of drug-likeness (QED) is 0.791. The van der Waals surface area contributed by atoms with E-state index in [9.17, 15) is 9.50 Å². The van der Waals surface area contributed by atoms with Crippen LogP contribution in [0.4, 0.5) is 16.0 Å². The topological polar surface area (TPSA) is 86.0 Å². The number of pyridine rings is 2. The maximum absolute atomic E-state index is 14.8. The predicted molar refractivity (Wildman–Crippen MR) is 109 cm³/mol. The van der Waals surface area contributed by atoms with E-state index in [1.54, 1.807) is 12.3 Å². The van der Waals surface area contributed by atoms with E-state index in [1.807, 2.05) is 31.7 Å². The second-order valence-electron chi connectivity index (χ2n) is 8.03. The first-order valence-electron chi connectivity index (χ1n) is 9.71. The molecule has 154 valence electrons. The van der Waals surface area contributed by atoms with Gasteiger partial charge in [-0.2, -0.15) is 5.11 Å². The Kier molecular flexibility index (Phi) is 5.27. The molecule has 29 heavy (non-hydrogen) atoms. The number of nitrogens with one attached hydrogen (secondary N) is 1. The summed E-state index contributed by atoms with van der Waals surface area (Å²) in [6.07, 6.45) is 1.62. The van der Waals surface area contributed by atoms with Crippen molar-refractivity contribution in [3.8, 4) is 0 Å². The summed E-state index contributed by atoms with van der Waals surface area (Å²) in [5.41, 5.74) is -0.0168. The molecule has 9 heteroatoms. The highest BCUT2D eigenvalue weighted by Crippen LogP contribution is 2.40. The van der Waals surface area contributed by atoms with Crippen molar-refractivity contribution >= 4 is 23.2 Å². The molecule has 2 N–H and O–H groups in total. The van der Waals surface area contributed by atoms with Gasteiger partial charge in [-0.1, -0.05) is 31.5 Å². The van der Waals surface area contributed by atoms with Gasteiger partial charge in [-0.15, -0.1) is 5.11 Å². The second-order valence-corrected chi connectivity index (χ2v) is 8.44. The summed E-state index contributed by atoms with van der Waals surface area (Å²) >= 11 is 6.37. The highest BCUT2D eigenvalue weighted by molar-refractivity contribution is 6.33. The van der Waals surface area contributed by atoms with Gasteiger partial charge in [0.25, 0.3) is 0 Å². The molecule has 0 aromatic carbocycles. The SMILES string of the molecule is CC(C)C(C)(O)C1CN(c2nc(C3N=Nc4ncccc43)c(F)cc2Cl)CCN1. The van der Waals surface area contributed by atoms with Gasteiger partial charge in [0.05, 0.1) is 16.7 Å². The first-order valence-corrected chi connectivity index (χ1v) is 10.1. The van der Waals surface area contributed by atoms with E-state index >= 15 is 0 Å². The lowest BCUT2D eigenvalue weighted by Crippen LogP contribution is -2.62. The minimum Gasteiger partial charge on any atom is -0.388 e. The van der Waals surface area contributed by atoms with Crippen LogP contribution in [0.15, 0.2) is 34.6 Å². The van der Waals surface area contributed by atoms with Gasteiger partial charge in [0.15, 0.2) is 5.82 Å². The summed E-state index contributed by atoms with van der Waals surface area (Å²) in [6.45, 7) is 7.61. The number of fused-ring (bicyclic) bond motifs is 1. The number of rotatable bonds is 4. The number of nitrogens with zero attached hydrogens (tertiary/aromatic N) is 5. The number of piperazine rings is 1. The Bertz CT molecular complexity index is 951. The van der Waals surface area contributed by atoms with Crippen molar-refractivity contribution in [3.05, 3.63) is 46.5 Å². The van der Waals surface area contributed by atoms with E-state index in [2.05, 4.69) is 25.5 Å². The van der Waals surface area contributed by atoms with Crippen LogP contribution in [0, 0.1) is 11.7 Å². The van der Waals surface area contributed by atoms with E-state index in [0.29, 0.717) is 36.8 Å². The minimum absolute atomic E-state index is 0.0649. The number of halogens is 2. The fraction of sp³-hybridized carbons (Fsp3) is 0.500. The molecule has 2 aliphatic rings. The van der Waals surface area contributed by atoms with E-state index < -0.39 is 17.5 Å². The monoisotopic (exact) mass is 418 g/mol. The average molecular weight is 419 g/mol. The molecule has 0 amide bonds. The molecule has 4 rings (SSSR count). The largest absolute Gasteiger partial charge is 0.388 e. The summed E-state index contributed by atoms with van der Waals surface area (Å²) in [5.74, 6) is 0.502. The van der Waals surface area contributed by atoms with E-state index in [4.69, 9.17) is 11.6 Å². The number of azo groups is 1. The molecule has 1 fully saturated rings.